The maximum atomic E-state index is 13.3. The average Bonchev–Trinajstić information content (AvgIpc) is 3.14. The topological polar surface area (TPSA) is 85.3 Å². The van der Waals surface area contributed by atoms with Crippen LogP contribution in [0.25, 0.3) is 5.76 Å². The summed E-state index contributed by atoms with van der Waals surface area (Å²) < 4.78 is 16.1. The normalized spacial score (nSPS) is 16.9. The summed E-state index contributed by atoms with van der Waals surface area (Å²) in [4.78, 5) is 27.9. The van der Waals surface area contributed by atoms with Crippen LogP contribution < -0.4 is 19.1 Å². The van der Waals surface area contributed by atoms with Gasteiger partial charge in [0.25, 0.3) is 11.7 Å². The molecule has 0 aromatic heterocycles. The third-order valence-corrected chi connectivity index (χ3v) is 5.97. The van der Waals surface area contributed by atoms with Crippen molar-refractivity contribution in [1.29, 1.82) is 0 Å². The Morgan fingerprint density at radius 3 is 2.20 bits per heavy atom. The van der Waals surface area contributed by atoms with Crippen LogP contribution in [0.4, 0.5) is 5.69 Å². The van der Waals surface area contributed by atoms with Crippen molar-refractivity contribution in [3.05, 3.63) is 88.5 Å². The minimum atomic E-state index is -0.875. The largest absolute Gasteiger partial charge is 0.507 e. The van der Waals surface area contributed by atoms with Gasteiger partial charge in [0.1, 0.15) is 11.5 Å². The van der Waals surface area contributed by atoms with E-state index >= 15 is 0 Å². The van der Waals surface area contributed by atoms with Crippen molar-refractivity contribution in [1.82, 2.24) is 0 Å². The van der Waals surface area contributed by atoms with E-state index in [2.05, 4.69) is 0 Å². The summed E-state index contributed by atoms with van der Waals surface area (Å²) in [5, 5.41) is 11.8. The Balaban J connectivity index is 1.90. The number of nitrogens with zero attached hydrogens (tertiary/aromatic N) is 1. The Hall–Kier alpha value is -3.97. The van der Waals surface area contributed by atoms with E-state index in [0.29, 0.717) is 45.7 Å². The van der Waals surface area contributed by atoms with E-state index in [1.165, 1.54) is 19.1 Å². The highest BCUT2D eigenvalue weighted by atomic mass is 35.5. The first-order valence-electron chi connectivity index (χ1n) is 10.9. The molecule has 0 saturated carbocycles. The molecule has 1 saturated heterocycles. The zero-order chi connectivity index (χ0) is 25.1. The monoisotopic (exact) mass is 493 g/mol. The predicted molar refractivity (Wildman–Crippen MR) is 133 cm³/mol. The second kappa shape index (κ2) is 10.1. The highest BCUT2D eigenvalue weighted by Gasteiger charge is 2.47. The summed E-state index contributed by atoms with van der Waals surface area (Å²) in [5.41, 5.74) is 1.38. The number of amides is 1. The Morgan fingerprint density at radius 1 is 0.943 bits per heavy atom. The lowest BCUT2D eigenvalue weighted by molar-refractivity contribution is -0.132. The zero-order valence-electron chi connectivity index (χ0n) is 19.4. The highest BCUT2D eigenvalue weighted by Crippen LogP contribution is 2.43. The van der Waals surface area contributed by atoms with Crippen molar-refractivity contribution >= 4 is 34.7 Å². The van der Waals surface area contributed by atoms with Gasteiger partial charge in [0.2, 0.25) is 0 Å². The Bertz CT molecular complexity index is 1280. The van der Waals surface area contributed by atoms with Gasteiger partial charge >= 0.3 is 0 Å². The minimum Gasteiger partial charge on any atom is -0.507 e. The number of benzene rings is 3. The van der Waals surface area contributed by atoms with E-state index in [-0.39, 0.29) is 11.3 Å². The first kappa shape index (κ1) is 24.2. The number of ketones is 1. The van der Waals surface area contributed by atoms with Gasteiger partial charge in [-0.3, -0.25) is 14.5 Å². The molecule has 3 aromatic carbocycles. The second-order valence-electron chi connectivity index (χ2n) is 7.72. The van der Waals surface area contributed by atoms with E-state index in [1.54, 1.807) is 66.7 Å². The smallest absolute Gasteiger partial charge is 0.300 e. The molecule has 3 aromatic rings. The van der Waals surface area contributed by atoms with E-state index in [9.17, 15) is 14.7 Å². The van der Waals surface area contributed by atoms with Gasteiger partial charge in [-0.15, -0.1) is 0 Å². The molecule has 4 rings (SSSR count). The van der Waals surface area contributed by atoms with Crippen molar-refractivity contribution in [3.8, 4) is 17.2 Å². The fourth-order valence-corrected chi connectivity index (χ4v) is 4.19. The number of halogens is 1. The third kappa shape index (κ3) is 4.55. The van der Waals surface area contributed by atoms with Gasteiger partial charge in [0.15, 0.2) is 11.5 Å². The number of hydrogen-bond donors (Lipinski definition) is 1. The molecule has 8 heteroatoms. The molecule has 1 amide bonds. The number of carbonyl (C=O) groups excluding carboxylic acids is 2. The molecule has 0 radical (unpaired) electrons. The number of ether oxygens (including phenoxy) is 3. The summed E-state index contributed by atoms with van der Waals surface area (Å²) in [6.45, 7) is 2.38. The van der Waals surface area contributed by atoms with E-state index < -0.39 is 17.7 Å². The number of anilines is 1. The average molecular weight is 494 g/mol. The summed E-state index contributed by atoms with van der Waals surface area (Å²) in [6, 6.07) is 17.6. The van der Waals surface area contributed by atoms with E-state index in [4.69, 9.17) is 25.8 Å². The first-order chi connectivity index (χ1) is 16.9. The van der Waals surface area contributed by atoms with Crippen molar-refractivity contribution in [2.45, 2.75) is 13.0 Å². The lowest BCUT2D eigenvalue weighted by atomic mass is 9.95. The van der Waals surface area contributed by atoms with Gasteiger partial charge in [-0.2, -0.15) is 0 Å². The molecule has 1 aliphatic heterocycles. The van der Waals surface area contributed by atoms with Crippen molar-refractivity contribution in [3.63, 3.8) is 0 Å². The zero-order valence-corrected chi connectivity index (χ0v) is 20.2. The summed E-state index contributed by atoms with van der Waals surface area (Å²) in [7, 11) is 2.97. The van der Waals surface area contributed by atoms with Crippen LogP contribution in [0.3, 0.4) is 0 Å². The van der Waals surface area contributed by atoms with Crippen LogP contribution in [0.2, 0.25) is 5.02 Å². The fourth-order valence-electron chi connectivity index (χ4n) is 4.07. The molecule has 35 heavy (non-hydrogen) atoms. The number of Topliss-reactive ketones (excluding diaryl/α,β-unsaturated/α-hetero) is 1. The highest BCUT2D eigenvalue weighted by molar-refractivity contribution is 6.51. The third-order valence-electron chi connectivity index (χ3n) is 5.71. The van der Waals surface area contributed by atoms with Crippen molar-refractivity contribution in [2.75, 3.05) is 25.7 Å². The van der Waals surface area contributed by atoms with Gasteiger partial charge in [0.05, 0.1) is 32.4 Å². The molecule has 0 spiro atoms. The number of hydrogen-bond acceptors (Lipinski definition) is 6. The van der Waals surface area contributed by atoms with Crippen LogP contribution in [0.1, 0.15) is 24.1 Å². The molecule has 1 atom stereocenters. The van der Waals surface area contributed by atoms with Crippen LogP contribution in [0.5, 0.6) is 17.2 Å². The van der Waals surface area contributed by atoms with Gasteiger partial charge in [-0.25, -0.2) is 0 Å². The van der Waals surface area contributed by atoms with Crippen LogP contribution in [0.15, 0.2) is 72.3 Å². The molecule has 1 aliphatic rings. The molecule has 0 bridgehead atoms. The van der Waals surface area contributed by atoms with Crippen molar-refractivity contribution < 1.29 is 28.9 Å². The lowest BCUT2D eigenvalue weighted by Crippen LogP contribution is -2.29. The number of methoxy groups -OCH3 is 2. The Kier molecular flexibility index (Phi) is 6.98. The lowest BCUT2D eigenvalue weighted by Gasteiger charge is -2.25. The standard InChI is InChI=1S/C27H24ClNO6/c1-4-35-20-12-5-16(6-13-20)24-23(25(30)17-7-14-21(33-2)22(15-17)34-3)26(31)27(32)29(24)19-10-8-18(28)9-11-19/h5-15,24,30H,4H2,1-3H3/b25-23-. The van der Waals surface area contributed by atoms with Crippen LogP contribution >= 0.6 is 11.6 Å². The summed E-state index contributed by atoms with van der Waals surface area (Å²) >= 11 is 6.04. The van der Waals surface area contributed by atoms with E-state index in [0.717, 1.165) is 0 Å². The molecule has 0 aliphatic carbocycles. The van der Waals surface area contributed by atoms with Gasteiger partial charge in [-0.1, -0.05) is 23.7 Å². The quantitative estimate of drug-likeness (QED) is 0.270. The Morgan fingerprint density at radius 2 is 1.60 bits per heavy atom. The first-order valence-corrected chi connectivity index (χ1v) is 11.3. The van der Waals surface area contributed by atoms with Gasteiger partial charge < -0.3 is 19.3 Å². The SMILES string of the molecule is CCOc1ccc(C2/C(=C(/O)c3ccc(OC)c(OC)c3)C(=O)C(=O)N2c2ccc(Cl)cc2)cc1. The van der Waals surface area contributed by atoms with Crippen LogP contribution in [-0.4, -0.2) is 37.6 Å². The molecular weight excluding hydrogens is 470 g/mol. The van der Waals surface area contributed by atoms with E-state index in [1.807, 2.05) is 6.92 Å². The number of aliphatic hydroxyl groups is 1. The maximum Gasteiger partial charge on any atom is 0.300 e. The molecule has 7 nitrogen and oxygen atoms in total. The van der Waals surface area contributed by atoms with Gasteiger partial charge in [0, 0.05) is 16.3 Å². The molecule has 1 unspecified atom stereocenters. The summed E-state index contributed by atoms with van der Waals surface area (Å²) in [5.74, 6) is -0.381. The number of carbonyl (C=O) groups is 2. The molecule has 1 fully saturated rings. The molecule has 180 valence electrons. The fraction of sp³-hybridized carbons (Fsp3) is 0.185. The second-order valence-corrected chi connectivity index (χ2v) is 8.15. The molecule has 1 heterocycles. The van der Waals surface area contributed by atoms with Crippen molar-refractivity contribution in [2.24, 2.45) is 0 Å². The maximum absolute atomic E-state index is 13.3. The predicted octanol–water partition coefficient (Wildman–Crippen LogP) is 5.38. The number of rotatable bonds is 7. The molecule has 1 N–H and O–H groups in total. The van der Waals surface area contributed by atoms with Gasteiger partial charge in [-0.05, 0) is 67.1 Å². The van der Waals surface area contributed by atoms with Crippen LogP contribution in [0, 0.1) is 0 Å². The summed E-state index contributed by atoms with van der Waals surface area (Å²) in [6.07, 6.45) is 0. The number of aliphatic hydroxyl groups excluding tert-OH is 1. The minimum absolute atomic E-state index is 0.0404. The Labute approximate surface area is 208 Å². The molecular formula is C27H24ClNO6. The van der Waals surface area contributed by atoms with Crippen LogP contribution in [-0.2, 0) is 9.59 Å².